The average Bonchev–Trinajstić information content (AvgIpc) is 2.83. The number of nitrogens with zero attached hydrogens (tertiary/aromatic N) is 1. The fraction of sp³-hybridized carbons (Fsp3) is 1.00. The summed E-state index contributed by atoms with van der Waals surface area (Å²) >= 11 is 0. The lowest BCUT2D eigenvalue weighted by atomic mass is 9.85. The summed E-state index contributed by atoms with van der Waals surface area (Å²) in [5.74, 6) is 1.70. The minimum Gasteiger partial charge on any atom is -0.381 e. The maximum Gasteiger partial charge on any atom is 0.0510 e. The van der Waals surface area contributed by atoms with Crippen LogP contribution >= 0.6 is 0 Å². The molecule has 1 N–H and O–H groups in total. The van der Waals surface area contributed by atoms with Gasteiger partial charge < -0.3 is 15.0 Å². The fourth-order valence-electron chi connectivity index (χ4n) is 3.11. The van der Waals surface area contributed by atoms with Crippen molar-refractivity contribution in [3.05, 3.63) is 0 Å². The van der Waals surface area contributed by atoms with Crippen LogP contribution in [0.2, 0.25) is 0 Å². The van der Waals surface area contributed by atoms with E-state index in [9.17, 15) is 0 Å². The van der Waals surface area contributed by atoms with Crippen LogP contribution in [0.5, 0.6) is 0 Å². The molecule has 106 valence electrons. The van der Waals surface area contributed by atoms with E-state index in [1.165, 1.54) is 45.2 Å². The van der Waals surface area contributed by atoms with Gasteiger partial charge in [0.25, 0.3) is 0 Å². The number of hydrogen-bond donors (Lipinski definition) is 1. The Kier molecular flexibility index (Phi) is 5.93. The van der Waals surface area contributed by atoms with Crippen molar-refractivity contribution in [1.82, 2.24) is 10.2 Å². The van der Waals surface area contributed by atoms with Crippen molar-refractivity contribution in [2.75, 3.05) is 39.9 Å². The highest BCUT2D eigenvalue weighted by molar-refractivity contribution is 4.83. The summed E-state index contributed by atoms with van der Waals surface area (Å²) in [5.41, 5.74) is 0. The van der Waals surface area contributed by atoms with Crippen LogP contribution in [-0.4, -0.2) is 50.8 Å². The molecule has 1 aliphatic heterocycles. The molecule has 0 aromatic carbocycles. The Morgan fingerprint density at radius 3 is 2.72 bits per heavy atom. The van der Waals surface area contributed by atoms with E-state index >= 15 is 0 Å². The summed E-state index contributed by atoms with van der Waals surface area (Å²) in [4.78, 5) is 2.54. The van der Waals surface area contributed by atoms with Crippen LogP contribution in [-0.2, 0) is 4.74 Å². The van der Waals surface area contributed by atoms with Crippen molar-refractivity contribution in [2.45, 2.75) is 45.1 Å². The van der Waals surface area contributed by atoms with E-state index in [0.717, 1.165) is 31.6 Å². The second-order valence-electron chi connectivity index (χ2n) is 6.20. The van der Waals surface area contributed by atoms with Gasteiger partial charge in [-0.05, 0) is 45.2 Å². The van der Waals surface area contributed by atoms with E-state index in [1.807, 2.05) is 0 Å². The van der Waals surface area contributed by atoms with E-state index in [4.69, 9.17) is 4.74 Å². The first-order valence-corrected chi connectivity index (χ1v) is 7.79. The number of nitrogens with one attached hydrogen (secondary N) is 1. The molecule has 1 saturated carbocycles. The van der Waals surface area contributed by atoms with Gasteiger partial charge >= 0.3 is 0 Å². The quantitative estimate of drug-likeness (QED) is 0.718. The first kappa shape index (κ1) is 14.3. The second kappa shape index (κ2) is 7.46. The summed E-state index contributed by atoms with van der Waals surface area (Å²) in [6, 6.07) is 0.623. The molecule has 2 atom stereocenters. The molecule has 0 radical (unpaired) electrons. The summed E-state index contributed by atoms with van der Waals surface area (Å²) in [5, 5.41) is 3.73. The van der Waals surface area contributed by atoms with Gasteiger partial charge in [-0.15, -0.1) is 0 Å². The van der Waals surface area contributed by atoms with Gasteiger partial charge in [-0.3, -0.25) is 0 Å². The molecule has 0 amide bonds. The van der Waals surface area contributed by atoms with Crippen LogP contribution in [0.3, 0.4) is 0 Å². The summed E-state index contributed by atoms with van der Waals surface area (Å²) in [6.07, 6.45) is 6.80. The molecule has 0 bridgehead atoms. The first-order chi connectivity index (χ1) is 8.79. The zero-order valence-corrected chi connectivity index (χ0v) is 12.2. The molecule has 3 nitrogen and oxygen atoms in total. The molecule has 2 rings (SSSR count). The zero-order valence-electron chi connectivity index (χ0n) is 12.2. The minimum absolute atomic E-state index is 0.623. The summed E-state index contributed by atoms with van der Waals surface area (Å²) in [7, 11) is 2.29. The second-order valence-corrected chi connectivity index (χ2v) is 6.20. The lowest BCUT2D eigenvalue weighted by Gasteiger charge is -2.34. The molecule has 1 aliphatic carbocycles. The Labute approximate surface area is 112 Å². The standard InChI is InChI=1S/C15H30N2O/c1-3-8-16-15(14-7-9-18-12-14)11-17(2)10-13-5-4-6-13/h13-16H,3-12H2,1-2H3. The molecular formula is C15H30N2O. The lowest BCUT2D eigenvalue weighted by Crippen LogP contribution is -2.46. The van der Waals surface area contributed by atoms with Crippen LogP contribution in [0, 0.1) is 11.8 Å². The molecule has 2 fully saturated rings. The Bertz CT molecular complexity index is 225. The van der Waals surface area contributed by atoms with Gasteiger partial charge in [-0.25, -0.2) is 0 Å². The molecule has 0 aromatic heterocycles. The monoisotopic (exact) mass is 254 g/mol. The molecule has 2 unspecified atom stereocenters. The van der Waals surface area contributed by atoms with Crippen molar-refractivity contribution in [3.63, 3.8) is 0 Å². The predicted octanol–water partition coefficient (Wildman–Crippen LogP) is 2.12. The van der Waals surface area contributed by atoms with E-state index < -0.39 is 0 Å². The van der Waals surface area contributed by atoms with Gasteiger partial charge in [0.15, 0.2) is 0 Å². The Morgan fingerprint density at radius 1 is 1.33 bits per heavy atom. The average molecular weight is 254 g/mol. The van der Waals surface area contributed by atoms with Gasteiger partial charge in [0, 0.05) is 31.7 Å². The molecule has 0 spiro atoms. The Hall–Kier alpha value is -0.120. The zero-order chi connectivity index (χ0) is 12.8. The topological polar surface area (TPSA) is 24.5 Å². The SMILES string of the molecule is CCCNC(CN(C)CC1CCC1)C1CCOC1. The van der Waals surface area contributed by atoms with Crippen LogP contribution < -0.4 is 5.32 Å². The number of rotatable bonds is 8. The van der Waals surface area contributed by atoms with Gasteiger partial charge in [0.2, 0.25) is 0 Å². The number of likely N-dealkylation sites (N-methyl/N-ethyl adjacent to an activating group) is 1. The van der Waals surface area contributed by atoms with E-state index in [1.54, 1.807) is 0 Å². The van der Waals surface area contributed by atoms with Crippen molar-refractivity contribution >= 4 is 0 Å². The third-order valence-corrected chi connectivity index (χ3v) is 4.49. The molecule has 1 saturated heterocycles. The summed E-state index contributed by atoms with van der Waals surface area (Å²) in [6.45, 7) is 7.77. The van der Waals surface area contributed by atoms with Gasteiger partial charge in [-0.1, -0.05) is 13.3 Å². The van der Waals surface area contributed by atoms with Crippen LogP contribution in [0.4, 0.5) is 0 Å². The number of ether oxygens (including phenoxy) is 1. The van der Waals surface area contributed by atoms with E-state index in [0.29, 0.717) is 6.04 Å². The first-order valence-electron chi connectivity index (χ1n) is 7.79. The maximum atomic E-state index is 5.55. The van der Waals surface area contributed by atoms with Gasteiger partial charge in [-0.2, -0.15) is 0 Å². The normalized spacial score (nSPS) is 26.5. The molecule has 0 aromatic rings. The highest BCUT2D eigenvalue weighted by atomic mass is 16.5. The van der Waals surface area contributed by atoms with Crippen LogP contribution in [0.25, 0.3) is 0 Å². The molecular weight excluding hydrogens is 224 g/mol. The van der Waals surface area contributed by atoms with Gasteiger partial charge in [0.05, 0.1) is 6.61 Å². The van der Waals surface area contributed by atoms with Crippen molar-refractivity contribution in [1.29, 1.82) is 0 Å². The molecule has 2 aliphatic rings. The van der Waals surface area contributed by atoms with Gasteiger partial charge in [0.1, 0.15) is 0 Å². The van der Waals surface area contributed by atoms with E-state index in [2.05, 4.69) is 24.2 Å². The van der Waals surface area contributed by atoms with Crippen molar-refractivity contribution < 1.29 is 4.74 Å². The fourth-order valence-corrected chi connectivity index (χ4v) is 3.11. The summed E-state index contributed by atoms with van der Waals surface area (Å²) < 4.78 is 5.55. The third kappa shape index (κ3) is 4.22. The van der Waals surface area contributed by atoms with Crippen LogP contribution in [0.15, 0.2) is 0 Å². The highest BCUT2D eigenvalue weighted by Crippen LogP contribution is 2.27. The predicted molar refractivity (Wildman–Crippen MR) is 75.8 cm³/mol. The number of hydrogen-bond acceptors (Lipinski definition) is 3. The van der Waals surface area contributed by atoms with Crippen molar-refractivity contribution in [2.24, 2.45) is 11.8 Å². The van der Waals surface area contributed by atoms with Crippen LogP contribution in [0.1, 0.15) is 39.0 Å². The third-order valence-electron chi connectivity index (χ3n) is 4.49. The highest BCUT2D eigenvalue weighted by Gasteiger charge is 2.27. The Balaban J connectivity index is 1.74. The Morgan fingerprint density at radius 2 is 2.17 bits per heavy atom. The molecule has 1 heterocycles. The smallest absolute Gasteiger partial charge is 0.0510 e. The van der Waals surface area contributed by atoms with Crippen molar-refractivity contribution in [3.8, 4) is 0 Å². The minimum atomic E-state index is 0.623. The molecule has 3 heteroatoms. The maximum absolute atomic E-state index is 5.55. The van der Waals surface area contributed by atoms with E-state index in [-0.39, 0.29) is 0 Å². The lowest BCUT2D eigenvalue weighted by molar-refractivity contribution is 0.152. The largest absolute Gasteiger partial charge is 0.381 e. The molecule has 18 heavy (non-hydrogen) atoms.